The van der Waals surface area contributed by atoms with E-state index in [9.17, 15) is 4.79 Å². The molecule has 0 spiro atoms. The van der Waals surface area contributed by atoms with Gasteiger partial charge in [-0.05, 0) is 47.1 Å². The molecular weight excluding hydrogens is 280 g/mol. The lowest BCUT2D eigenvalue weighted by molar-refractivity contribution is 0.101. The highest BCUT2D eigenvalue weighted by Gasteiger charge is 2.01. The Bertz CT molecular complexity index is 537. The summed E-state index contributed by atoms with van der Waals surface area (Å²) in [4.78, 5) is 15.5. The zero-order chi connectivity index (χ0) is 12.3. The lowest BCUT2D eigenvalue weighted by Gasteiger charge is -2.06. The van der Waals surface area contributed by atoms with Crippen molar-refractivity contribution in [2.45, 2.75) is 6.92 Å². The first-order valence-electron chi connectivity index (χ1n) is 5.15. The molecule has 17 heavy (non-hydrogen) atoms. The van der Waals surface area contributed by atoms with Gasteiger partial charge >= 0.3 is 0 Å². The van der Waals surface area contributed by atoms with Crippen LogP contribution >= 0.6 is 15.9 Å². The molecule has 3 nitrogen and oxygen atoms in total. The third-order valence-electron chi connectivity index (χ3n) is 2.27. The number of nitrogens with zero attached hydrogens (tertiary/aromatic N) is 1. The normalized spacial score (nSPS) is 10.0. The van der Waals surface area contributed by atoms with Crippen LogP contribution in [0.5, 0.6) is 0 Å². The van der Waals surface area contributed by atoms with Crippen LogP contribution in [0, 0.1) is 0 Å². The number of Topliss-reactive ketones (excluding diaryl/α,β-unsaturated/α-hetero) is 1. The number of nitrogens with one attached hydrogen (secondary N) is 1. The Labute approximate surface area is 108 Å². The average Bonchev–Trinajstić information content (AvgIpc) is 2.32. The van der Waals surface area contributed by atoms with Gasteiger partial charge in [0.05, 0.1) is 0 Å². The molecule has 0 amide bonds. The fraction of sp³-hybridized carbons (Fsp3) is 0.0769. The van der Waals surface area contributed by atoms with E-state index in [-0.39, 0.29) is 5.78 Å². The van der Waals surface area contributed by atoms with Crippen molar-refractivity contribution in [2.75, 3.05) is 5.32 Å². The standard InChI is InChI=1S/C13H11BrN2O/c1-9(17)10-3-2-4-12(7-10)16-13-6-5-11(14)8-15-13/h2-8H,1H3,(H,15,16). The highest BCUT2D eigenvalue weighted by Crippen LogP contribution is 2.17. The Morgan fingerprint density at radius 1 is 1.29 bits per heavy atom. The van der Waals surface area contributed by atoms with Gasteiger partial charge in [-0.3, -0.25) is 4.79 Å². The molecule has 0 aliphatic carbocycles. The molecule has 0 unspecified atom stereocenters. The van der Waals surface area contributed by atoms with E-state index in [2.05, 4.69) is 26.2 Å². The molecule has 0 atom stereocenters. The molecule has 2 rings (SSSR count). The Balaban J connectivity index is 2.21. The van der Waals surface area contributed by atoms with Crippen LogP contribution in [0.3, 0.4) is 0 Å². The predicted molar refractivity (Wildman–Crippen MR) is 71.7 cm³/mol. The molecule has 1 aromatic heterocycles. The summed E-state index contributed by atoms with van der Waals surface area (Å²) in [7, 11) is 0. The molecule has 0 saturated heterocycles. The number of aromatic nitrogens is 1. The summed E-state index contributed by atoms with van der Waals surface area (Å²) in [5.41, 5.74) is 1.54. The van der Waals surface area contributed by atoms with Gasteiger partial charge in [0.25, 0.3) is 0 Å². The van der Waals surface area contributed by atoms with Gasteiger partial charge in [0.15, 0.2) is 5.78 Å². The first-order chi connectivity index (χ1) is 8.15. The molecule has 2 aromatic rings. The minimum Gasteiger partial charge on any atom is -0.340 e. The number of carbonyl (C=O) groups is 1. The maximum atomic E-state index is 11.2. The summed E-state index contributed by atoms with van der Waals surface area (Å²) in [6.07, 6.45) is 1.72. The van der Waals surface area contributed by atoms with Gasteiger partial charge in [0.1, 0.15) is 5.82 Å². The van der Waals surface area contributed by atoms with Crippen molar-refractivity contribution in [3.8, 4) is 0 Å². The van der Waals surface area contributed by atoms with Crippen molar-refractivity contribution in [1.82, 2.24) is 4.98 Å². The summed E-state index contributed by atoms with van der Waals surface area (Å²) < 4.78 is 0.931. The largest absolute Gasteiger partial charge is 0.340 e. The van der Waals surface area contributed by atoms with Crippen LogP contribution in [-0.2, 0) is 0 Å². The van der Waals surface area contributed by atoms with Gasteiger partial charge < -0.3 is 5.32 Å². The van der Waals surface area contributed by atoms with E-state index < -0.39 is 0 Å². The second kappa shape index (κ2) is 5.10. The second-order valence-electron chi connectivity index (χ2n) is 3.62. The Hall–Kier alpha value is -1.68. The number of hydrogen-bond donors (Lipinski definition) is 1. The number of benzene rings is 1. The molecule has 0 aliphatic heterocycles. The Morgan fingerprint density at radius 2 is 2.12 bits per heavy atom. The summed E-state index contributed by atoms with van der Waals surface area (Å²) in [5, 5.41) is 3.14. The summed E-state index contributed by atoms with van der Waals surface area (Å²) >= 11 is 3.33. The Morgan fingerprint density at radius 3 is 2.76 bits per heavy atom. The smallest absolute Gasteiger partial charge is 0.159 e. The van der Waals surface area contributed by atoms with E-state index in [4.69, 9.17) is 0 Å². The van der Waals surface area contributed by atoms with Crippen LogP contribution in [-0.4, -0.2) is 10.8 Å². The second-order valence-corrected chi connectivity index (χ2v) is 4.54. The van der Waals surface area contributed by atoms with Gasteiger partial charge in [-0.15, -0.1) is 0 Å². The number of hydrogen-bond acceptors (Lipinski definition) is 3. The molecule has 0 saturated carbocycles. The molecule has 1 heterocycles. The summed E-state index contributed by atoms with van der Waals surface area (Å²) in [6.45, 7) is 1.55. The lowest BCUT2D eigenvalue weighted by Crippen LogP contribution is -1.96. The highest BCUT2D eigenvalue weighted by molar-refractivity contribution is 9.10. The van der Waals surface area contributed by atoms with Crippen LogP contribution in [0.25, 0.3) is 0 Å². The number of rotatable bonds is 3. The van der Waals surface area contributed by atoms with E-state index in [1.54, 1.807) is 19.2 Å². The highest BCUT2D eigenvalue weighted by atomic mass is 79.9. The first kappa shape index (κ1) is 11.8. The Kier molecular flexibility index (Phi) is 3.54. The number of pyridine rings is 1. The third-order valence-corrected chi connectivity index (χ3v) is 2.74. The van der Waals surface area contributed by atoms with Crippen molar-refractivity contribution in [1.29, 1.82) is 0 Å². The van der Waals surface area contributed by atoms with Gasteiger partial charge in [-0.2, -0.15) is 0 Å². The van der Waals surface area contributed by atoms with E-state index in [1.807, 2.05) is 30.3 Å². The molecule has 1 aromatic carbocycles. The van der Waals surface area contributed by atoms with E-state index >= 15 is 0 Å². The molecule has 0 fully saturated rings. The topological polar surface area (TPSA) is 42.0 Å². The first-order valence-corrected chi connectivity index (χ1v) is 5.94. The SMILES string of the molecule is CC(=O)c1cccc(Nc2ccc(Br)cn2)c1. The minimum absolute atomic E-state index is 0.0532. The zero-order valence-electron chi connectivity index (χ0n) is 9.27. The van der Waals surface area contributed by atoms with Crippen molar-refractivity contribution >= 4 is 33.2 Å². The fourth-order valence-electron chi connectivity index (χ4n) is 1.41. The molecular formula is C13H11BrN2O. The van der Waals surface area contributed by atoms with Crippen molar-refractivity contribution in [3.63, 3.8) is 0 Å². The molecule has 0 aliphatic rings. The zero-order valence-corrected chi connectivity index (χ0v) is 10.9. The van der Waals surface area contributed by atoms with Gasteiger partial charge in [-0.25, -0.2) is 4.98 Å². The summed E-state index contributed by atoms with van der Waals surface area (Å²) in [5.74, 6) is 0.798. The maximum Gasteiger partial charge on any atom is 0.159 e. The quantitative estimate of drug-likeness (QED) is 0.875. The van der Waals surface area contributed by atoms with E-state index in [0.717, 1.165) is 16.0 Å². The van der Waals surface area contributed by atoms with Crippen LogP contribution in [0.1, 0.15) is 17.3 Å². The van der Waals surface area contributed by atoms with Gasteiger partial charge in [-0.1, -0.05) is 12.1 Å². The maximum absolute atomic E-state index is 11.2. The van der Waals surface area contributed by atoms with E-state index in [1.165, 1.54) is 0 Å². The molecule has 86 valence electrons. The molecule has 0 radical (unpaired) electrons. The van der Waals surface area contributed by atoms with Gasteiger partial charge in [0, 0.05) is 21.9 Å². The fourth-order valence-corrected chi connectivity index (χ4v) is 1.65. The van der Waals surface area contributed by atoms with Crippen molar-refractivity contribution < 1.29 is 4.79 Å². The summed E-state index contributed by atoms with van der Waals surface area (Å²) in [6, 6.07) is 11.1. The van der Waals surface area contributed by atoms with E-state index in [0.29, 0.717) is 5.56 Å². The molecule has 1 N–H and O–H groups in total. The van der Waals surface area contributed by atoms with Gasteiger partial charge in [0.2, 0.25) is 0 Å². The average molecular weight is 291 g/mol. The van der Waals surface area contributed by atoms with Crippen LogP contribution in [0.2, 0.25) is 0 Å². The number of carbonyl (C=O) groups excluding carboxylic acids is 1. The number of anilines is 2. The van der Waals surface area contributed by atoms with Crippen LogP contribution < -0.4 is 5.32 Å². The number of ketones is 1. The van der Waals surface area contributed by atoms with Crippen LogP contribution in [0.4, 0.5) is 11.5 Å². The third kappa shape index (κ3) is 3.14. The molecule has 4 heteroatoms. The monoisotopic (exact) mass is 290 g/mol. The minimum atomic E-state index is 0.0532. The van der Waals surface area contributed by atoms with Crippen LogP contribution in [0.15, 0.2) is 47.1 Å². The molecule has 0 bridgehead atoms. The van der Waals surface area contributed by atoms with Crippen molar-refractivity contribution in [2.24, 2.45) is 0 Å². The predicted octanol–water partition coefficient (Wildman–Crippen LogP) is 3.79. The number of halogens is 1. The van der Waals surface area contributed by atoms with Crippen molar-refractivity contribution in [3.05, 3.63) is 52.6 Å². The lowest BCUT2D eigenvalue weighted by atomic mass is 10.1.